The number of ether oxygens (including phenoxy) is 1. The van der Waals surface area contributed by atoms with Gasteiger partial charge in [0.25, 0.3) is 0 Å². The number of aromatic nitrogens is 2. The molecule has 0 saturated heterocycles. The van der Waals surface area contributed by atoms with Gasteiger partial charge in [-0.2, -0.15) is 9.64 Å². The maximum Gasteiger partial charge on any atom is 0.304 e. The van der Waals surface area contributed by atoms with Crippen molar-refractivity contribution in [1.29, 1.82) is 5.26 Å². The van der Waals surface area contributed by atoms with Crippen molar-refractivity contribution in [2.45, 2.75) is 46.3 Å². The van der Waals surface area contributed by atoms with Gasteiger partial charge in [-0.1, -0.05) is 25.1 Å². The summed E-state index contributed by atoms with van der Waals surface area (Å²) >= 11 is 1.29. The lowest BCUT2D eigenvalue weighted by Crippen LogP contribution is -2.18. The molecule has 0 aliphatic rings. The highest BCUT2D eigenvalue weighted by atomic mass is 32.1. The molecule has 3 aromatic rings. The Labute approximate surface area is 191 Å². The average molecular weight is 451 g/mol. The summed E-state index contributed by atoms with van der Waals surface area (Å²) in [4.78, 5) is 15.5. The number of nitrogens with one attached hydrogen (secondary N) is 1. The highest BCUT2D eigenvalue weighted by Gasteiger charge is 2.16. The van der Waals surface area contributed by atoms with E-state index in [0.717, 1.165) is 33.7 Å². The summed E-state index contributed by atoms with van der Waals surface area (Å²) in [6, 6.07) is 13.7. The van der Waals surface area contributed by atoms with Crippen LogP contribution in [-0.2, 0) is 17.8 Å². The fourth-order valence-corrected chi connectivity index (χ4v) is 4.07. The lowest BCUT2D eigenvalue weighted by Gasteiger charge is -2.12. The summed E-state index contributed by atoms with van der Waals surface area (Å²) < 4.78 is 10.3. The number of aliphatic carboxylic acids is 1. The highest BCUT2D eigenvalue weighted by Crippen LogP contribution is 2.32. The van der Waals surface area contributed by atoms with Crippen molar-refractivity contribution in [2.24, 2.45) is 0 Å². The second-order valence-electron chi connectivity index (χ2n) is 7.53. The van der Waals surface area contributed by atoms with Crippen molar-refractivity contribution in [2.75, 3.05) is 6.54 Å². The van der Waals surface area contributed by atoms with Crippen molar-refractivity contribution >= 4 is 17.5 Å². The van der Waals surface area contributed by atoms with E-state index < -0.39 is 5.97 Å². The van der Waals surface area contributed by atoms with Crippen molar-refractivity contribution in [1.82, 2.24) is 14.7 Å². The minimum atomic E-state index is -0.815. The minimum absolute atomic E-state index is 0.0144. The molecule has 2 aromatic carbocycles. The van der Waals surface area contributed by atoms with Gasteiger partial charge in [-0.25, -0.2) is 4.98 Å². The first-order chi connectivity index (χ1) is 15.4. The number of carbonyl (C=O) groups is 1. The second-order valence-corrected chi connectivity index (χ2v) is 8.28. The van der Waals surface area contributed by atoms with Crippen LogP contribution in [0.15, 0.2) is 36.4 Å². The van der Waals surface area contributed by atoms with Gasteiger partial charge >= 0.3 is 5.97 Å². The first-order valence-electron chi connectivity index (χ1n) is 10.5. The standard InChI is InChI=1S/C24H26N4O3S/c1-4-19-17(14-26-11-10-22(29)30)6-5-7-20(19)23-27-24(32-28-23)16-8-9-21(31-15(2)3)18(12-16)13-25/h5-9,12,15,26H,4,10-11,14H2,1-3H3,(H,29,30). The Morgan fingerprint density at radius 2 is 2.12 bits per heavy atom. The van der Waals surface area contributed by atoms with E-state index in [1.54, 1.807) is 12.1 Å². The molecule has 0 amide bonds. The van der Waals surface area contributed by atoms with Crippen molar-refractivity contribution in [3.8, 4) is 33.8 Å². The fraction of sp³-hybridized carbons (Fsp3) is 0.333. The molecule has 0 spiro atoms. The Morgan fingerprint density at radius 1 is 1.31 bits per heavy atom. The zero-order chi connectivity index (χ0) is 23.1. The van der Waals surface area contributed by atoms with Gasteiger partial charge in [0, 0.05) is 24.2 Å². The van der Waals surface area contributed by atoms with E-state index in [4.69, 9.17) is 14.8 Å². The van der Waals surface area contributed by atoms with Crippen LogP contribution in [0.3, 0.4) is 0 Å². The molecule has 3 rings (SSSR count). The summed E-state index contributed by atoms with van der Waals surface area (Å²) in [5.41, 5.74) is 4.50. The van der Waals surface area contributed by atoms with Crippen LogP contribution in [0.4, 0.5) is 0 Å². The molecule has 2 N–H and O–H groups in total. The lowest BCUT2D eigenvalue weighted by atomic mass is 9.98. The molecule has 1 aromatic heterocycles. The first-order valence-corrected chi connectivity index (χ1v) is 11.3. The summed E-state index contributed by atoms with van der Waals surface area (Å²) in [5.74, 6) is 0.395. The predicted molar refractivity (Wildman–Crippen MR) is 125 cm³/mol. The predicted octanol–water partition coefficient (Wildman–Crippen LogP) is 4.66. The fourth-order valence-electron chi connectivity index (χ4n) is 3.40. The van der Waals surface area contributed by atoms with Crippen molar-refractivity contribution < 1.29 is 14.6 Å². The van der Waals surface area contributed by atoms with Crippen LogP contribution >= 0.6 is 11.5 Å². The zero-order valence-electron chi connectivity index (χ0n) is 18.4. The monoisotopic (exact) mass is 450 g/mol. The van der Waals surface area contributed by atoms with E-state index in [1.165, 1.54) is 11.5 Å². The van der Waals surface area contributed by atoms with E-state index in [-0.39, 0.29) is 12.5 Å². The van der Waals surface area contributed by atoms with Gasteiger partial charge in [0.15, 0.2) is 5.82 Å². The van der Waals surface area contributed by atoms with E-state index >= 15 is 0 Å². The van der Waals surface area contributed by atoms with Gasteiger partial charge in [0.2, 0.25) is 0 Å². The molecule has 0 fully saturated rings. The highest BCUT2D eigenvalue weighted by molar-refractivity contribution is 7.09. The van der Waals surface area contributed by atoms with Gasteiger partial charge in [-0.05, 0) is 61.1 Å². The van der Waals surface area contributed by atoms with Crippen LogP contribution in [0.2, 0.25) is 0 Å². The molecule has 0 saturated carbocycles. The first kappa shape index (κ1) is 23.4. The van der Waals surface area contributed by atoms with Gasteiger partial charge in [0.05, 0.1) is 18.1 Å². The molecule has 0 aliphatic heterocycles. The van der Waals surface area contributed by atoms with Crippen LogP contribution in [0.5, 0.6) is 5.75 Å². The zero-order valence-corrected chi connectivity index (χ0v) is 19.2. The Balaban J connectivity index is 1.86. The van der Waals surface area contributed by atoms with E-state index in [2.05, 4.69) is 22.7 Å². The molecular formula is C24H26N4O3S. The minimum Gasteiger partial charge on any atom is -0.490 e. The molecule has 8 heteroatoms. The molecule has 166 valence electrons. The third-order valence-corrected chi connectivity index (χ3v) is 5.60. The number of nitrogens with zero attached hydrogens (tertiary/aromatic N) is 3. The number of carboxylic acid groups (broad SMARTS) is 1. The smallest absolute Gasteiger partial charge is 0.304 e. The SMILES string of the molecule is CCc1c(CNCCC(=O)O)cccc1-c1nsc(-c2ccc(OC(C)C)c(C#N)c2)n1. The van der Waals surface area contributed by atoms with Crippen LogP contribution in [0.1, 0.15) is 43.9 Å². The van der Waals surface area contributed by atoms with Crippen LogP contribution < -0.4 is 10.1 Å². The maximum absolute atomic E-state index is 10.7. The molecule has 1 heterocycles. The Morgan fingerprint density at radius 3 is 2.81 bits per heavy atom. The van der Waals surface area contributed by atoms with Crippen molar-refractivity contribution in [3.05, 3.63) is 53.1 Å². The summed E-state index contributed by atoms with van der Waals surface area (Å²) in [6.45, 7) is 6.93. The molecule has 7 nitrogen and oxygen atoms in total. The second kappa shape index (κ2) is 10.8. The Hall–Kier alpha value is -3.28. The molecule has 0 atom stereocenters. The number of carboxylic acids is 1. The topological polar surface area (TPSA) is 108 Å². The number of hydrogen-bond donors (Lipinski definition) is 2. The van der Waals surface area contributed by atoms with Gasteiger partial charge in [-0.15, -0.1) is 0 Å². The molecule has 0 bridgehead atoms. The van der Waals surface area contributed by atoms with Gasteiger partial charge < -0.3 is 15.2 Å². The summed E-state index contributed by atoms with van der Waals surface area (Å²) in [6.07, 6.45) is 0.879. The largest absolute Gasteiger partial charge is 0.490 e. The number of benzene rings is 2. The number of nitriles is 1. The average Bonchev–Trinajstić information content (AvgIpc) is 3.26. The Bertz CT molecular complexity index is 1130. The maximum atomic E-state index is 10.7. The van der Waals surface area contributed by atoms with Gasteiger partial charge in [-0.3, -0.25) is 4.79 Å². The molecule has 0 aliphatic carbocycles. The van der Waals surface area contributed by atoms with E-state index in [0.29, 0.717) is 30.2 Å². The Kier molecular flexibility index (Phi) is 7.92. The number of hydrogen-bond acceptors (Lipinski definition) is 7. The lowest BCUT2D eigenvalue weighted by molar-refractivity contribution is -0.136. The third-order valence-electron chi connectivity index (χ3n) is 4.83. The van der Waals surface area contributed by atoms with Crippen LogP contribution in [0, 0.1) is 11.3 Å². The van der Waals surface area contributed by atoms with Crippen LogP contribution in [-0.4, -0.2) is 33.1 Å². The normalized spacial score (nSPS) is 10.8. The molecule has 0 radical (unpaired) electrons. The molecule has 0 unspecified atom stereocenters. The van der Waals surface area contributed by atoms with Gasteiger partial charge in [0.1, 0.15) is 16.8 Å². The summed E-state index contributed by atoms with van der Waals surface area (Å²) in [5, 5.41) is 22.2. The molecular weight excluding hydrogens is 424 g/mol. The number of rotatable bonds is 10. The van der Waals surface area contributed by atoms with E-state index in [1.807, 2.05) is 38.1 Å². The van der Waals surface area contributed by atoms with Crippen LogP contribution in [0.25, 0.3) is 22.0 Å². The summed E-state index contributed by atoms with van der Waals surface area (Å²) in [7, 11) is 0. The molecule has 32 heavy (non-hydrogen) atoms. The van der Waals surface area contributed by atoms with E-state index in [9.17, 15) is 10.1 Å². The third kappa shape index (κ3) is 5.69. The van der Waals surface area contributed by atoms with Crippen molar-refractivity contribution in [3.63, 3.8) is 0 Å². The quantitative estimate of drug-likeness (QED) is 0.433.